The third-order valence-corrected chi connectivity index (χ3v) is 5.13. The van der Waals surface area contributed by atoms with Crippen LogP contribution >= 0.6 is 15.9 Å². The van der Waals surface area contributed by atoms with Gasteiger partial charge in [-0.3, -0.25) is 4.98 Å². The zero-order valence-electron chi connectivity index (χ0n) is 11.5. The highest BCUT2D eigenvalue weighted by Gasteiger charge is 2.18. The lowest BCUT2D eigenvalue weighted by Gasteiger charge is -2.11. The number of halogens is 1. The first-order chi connectivity index (χ1) is 9.90. The van der Waals surface area contributed by atoms with Crippen LogP contribution in [0.15, 0.2) is 46.0 Å². The quantitative estimate of drug-likeness (QED) is 0.791. The van der Waals surface area contributed by atoms with E-state index < -0.39 is 10.0 Å². The average molecular weight is 370 g/mol. The van der Waals surface area contributed by atoms with Gasteiger partial charge in [0.05, 0.1) is 4.90 Å². The Morgan fingerprint density at radius 3 is 2.81 bits per heavy atom. The molecule has 21 heavy (non-hydrogen) atoms. The molecule has 112 valence electrons. The van der Waals surface area contributed by atoms with Gasteiger partial charge in [-0.2, -0.15) is 0 Å². The van der Waals surface area contributed by atoms with Crippen molar-refractivity contribution in [3.63, 3.8) is 0 Å². The molecule has 0 atom stereocenters. The molecule has 1 heterocycles. The number of nitrogens with zero attached hydrogens (tertiary/aromatic N) is 1. The first-order valence-corrected chi connectivity index (χ1v) is 8.62. The number of nitrogens with two attached hydrogens (primary N) is 1. The van der Waals surface area contributed by atoms with Gasteiger partial charge in [0.1, 0.15) is 0 Å². The summed E-state index contributed by atoms with van der Waals surface area (Å²) in [5.41, 5.74) is 7.77. The topological polar surface area (TPSA) is 85.1 Å². The van der Waals surface area contributed by atoms with Gasteiger partial charge < -0.3 is 5.73 Å². The molecular weight excluding hydrogens is 354 g/mol. The summed E-state index contributed by atoms with van der Waals surface area (Å²) in [6, 6.07) is 6.97. The van der Waals surface area contributed by atoms with E-state index in [-0.39, 0.29) is 4.90 Å². The fourth-order valence-electron chi connectivity index (χ4n) is 1.91. The molecule has 0 aliphatic carbocycles. The smallest absolute Gasteiger partial charge is 0.240 e. The summed E-state index contributed by atoms with van der Waals surface area (Å²) >= 11 is 3.26. The minimum Gasteiger partial charge on any atom is -0.398 e. The molecule has 0 saturated heterocycles. The van der Waals surface area contributed by atoms with Crippen molar-refractivity contribution in [1.29, 1.82) is 0 Å². The van der Waals surface area contributed by atoms with Crippen molar-refractivity contribution >= 4 is 31.6 Å². The molecule has 0 aliphatic heterocycles. The Morgan fingerprint density at radius 2 is 2.14 bits per heavy atom. The molecule has 0 spiro atoms. The van der Waals surface area contributed by atoms with Crippen molar-refractivity contribution in [1.82, 2.24) is 9.71 Å². The number of hydrogen-bond donors (Lipinski definition) is 2. The maximum absolute atomic E-state index is 12.3. The molecule has 0 saturated carbocycles. The van der Waals surface area contributed by atoms with Crippen molar-refractivity contribution < 1.29 is 8.42 Å². The van der Waals surface area contributed by atoms with Crippen LogP contribution in [0, 0.1) is 6.92 Å². The third kappa shape index (κ3) is 4.03. The molecule has 7 heteroatoms. The van der Waals surface area contributed by atoms with Gasteiger partial charge in [-0.05, 0) is 42.7 Å². The van der Waals surface area contributed by atoms with E-state index in [1.54, 1.807) is 31.5 Å². The predicted molar refractivity (Wildman–Crippen MR) is 86.4 cm³/mol. The number of sulfonamides is 1. The molecule has 0 aliphatic rings. The molecule has 0 bridgehead atoms. The summed E-state index contributed by atoms with van der Waals surface area (Å²) in [7, 11) is -3.59. The van der Waals surface area contributed by atoms with Gasteiger partial charge in [0.2, 0.25) is 10.0 Å². The fraction of sp³-hybridized carbons (Fsp3) is 0.214. The Labute approximate surface area is 132 Å². The van der Waals surface area contributed by atoms with Gasteiger partial charge in [-0.15, -0.1) is 0 Å². The van der Waals surface area contributed by atoms with E-state index in [2.05, 4.69) is 25.6 Å². The lowest BCUT2D eigenvalue weighted by molar-refractivity contribution is 0.581. The van der Waals surface area contributed by atoms with E-state index in [1.165, 1.54) is 0 Å². The number of aromatic nitrogens is 1. The second-order valence-electron chi connectivity index (χ2n) is 4.63. The summed E-state index contributed by atoms with van der Waals surface area (Å²) in [6.45, 7) is 2.00. The van der Waals surface area contributed by atoms with Crippen LogP contribution in [-0.4, -0.2) is 19.9 Å². The number of hydrogen-bond acceptors (Lipinski definition) is 4. The summed E-state index contributed by atoms with van der Waals surface area (Å²) in [4.78, 5) is 4.19. The number of nitrogens with one attached hydrogen (secondary N) is 1. The molecule has 1 aromatic heterocycles. The lowest BCUT2D eigenvalue weighted by Crippen LogP contribution is -2.27. The van der Waals surface area contributed by atoms with Crippen LogP contribution in [0.3, 0.4) is 0 Å². The number of nitrogen functional groups attached to an aromatic ring is 1. The highest BCUT2D eigenvalue weighted by atomic mass is 79.9. The number of rotatable bonds is 5. The van der Waals surface area contributed by atoms with E-state index >= 15 is 0 Å². The van der Waals surface area contributed by atoms with E-state index in [0.717, 1.165) is 5.56 Å². The molecule has 2 aromatic rings. The Morgan fingerprint density at radius 1 is 1.38 bits per heavy atom. The van der Waals surface area contributed by atoms with E-state index in [4.69, 9.17) is 5.73 Å². The maximum Gasteiger partial charge on any atom is 0.240 e. The van der Waals surface area contributed by atoms with Crippen LogP contribution in [0.4, 0.5) is 5.69 Å². The Balaban J connectivity index is 2.12. The molecule has 1 aromatic carbocycles. The Hall–Kier alpha value is -1.44. The van der Waals surface area contributed by atoms with E-state index in [9.17, 15) is 8.42 Å². The molecular formula is C14H16BrN3O2S. The SMILES string of the molecule is Cc1c(N)cc(Br)cc1S(=O)(=O)NCCc1cccnc1. The van der Waals surface area contributed by atoms with Gasteiger partial charge in [0.25, 0.3) is 0 Å². The zero-order valence-corrected chi connectivity index (χ0v) is 13.9. The summed E-state index contributed by atoms with van der Waals surface area (Å²) in [5, 5.41) is 0. The summed E-state index contributed by atoms with van der Waals surface area (Å²) in [5.74, 6) is 0. The largest absolute Gasteiger partial charge is 0.398 e. The van der Waals surface area contributed by atoms with Crippen LogP contribution < -0.4 is 10.5 Å². The van der Waals surface area contributed by atoms with Crippen molar-refractivity contribution in [2.75, 3.05) is 12.3 Å². The molecule has 0 amide bonds. The highest BCUT2D eigenvalue weighted by Crippen LogP contribution is 2.26. The predicted octanol–water partition coefficient (Wildman–Crippen LogP) is 2.26. The van der Waals surface area contributed by atoms with Gasteiger partial charge in [0, 0.05) is 29.1 Å². The number of benzene rings is 1. The average Bonchev–Trinajstić information content (AvgIpc) is 2.43. The Bertz CT molecular complexity index is 733. The molecule has 5 nitrogen and oxygen atoms in total. The van der Waals surface area contributed by atoms with Crippen molar-refractivity contribution in [3.8, 4) is 0 Å². The van der Waals surface area contributed by atoms with Crippen LogP contribution in [0.5, 0.6) is 0 Å². The fourth-order valence-corrected chi connectivity index (χ4v) is 3.86. The molecule has 0 fully saturated rings. The van der Waals surface area contributed by atoms with Crippen LogP contribution in [0.25, 0.3) is 0 Å². The first kappa shape index (κ1) is 15.9. The van der Waals surface area contributed by atoms with Crippen LogP contribution in [-0.2, 0) is 16.4 Å². The monoisotopic (exact) mass is 369 g/mol. The number of pyridine rings is 1. The van der Waals surface area contributed by atoms with E-state index in [1.807, 2.05) is 12.1 Å². The standard InChI is InChI=1S/C14H16BrN3O2S/c1-10-13(16)7-12(15)8-14(10)21(19,20)18-6-4-11-3-2-5-17-9-11/h2-3,5,7-9,18H,4,6,16H2,1H3. The summed E-state index contributed by atoms with van der Waals surface area (Å²) in [6.07, 6.45) is 3.98. The minimum absolute atomic E-state index is 0.195. The zero-order chi connectivity index (χ0) is 15.5. The van der Waals surface area contributed by atoms with Gasteiger partial charge in [-0.25, -0.2) is 13.1 Å². The minimum atomic E-state index is -3.59. The van der Waals surface area contributed by atoms with Crippen molar-refractivity contribution in [2.45, 2.75) is 18.2 Å². The first-order valence-electron chi connectivity index (χ1n) is 6.34. The molecule has 3 N–H and O–H groups in total. The van der Waals surface area contributed by atoms with Crippen molar-refractivity contribution in [3.05, 3.63) is 52.3 Å². The molecule has 0 unspecified atom stereocenters. The third-order valence-electron chi connectivity index (χ3n) is 3.08. The summed E-state index contributed by atoms with van der Waals surface area (Å²) < 4.78 is 27.9. The lowest BCUT2D eigenvalue weighted by atomic mass is 10.2. The van der Waals surface area contributed by atoms with Gasteiger partial charge >= 0.3 is 0 Å². The second kappa shape index (κ2) is 6.55. The second-order valence-corrected chi connectivity index (χ2v) is 7.28. The highest BCUT2D eigenvalue weighted by molar-refractivity contribution is 9.10. The van der Waals surface area contributed by atoms with Gasteiger partial charge in [0.15, 0.2) is 0 Å². The maximum atomic E-state index is 12.3. The van der Waals surface area contributed by atoms with Gasteiger partial charge in [-0.1, -0.05) is 22.0 Å². The Kier molecular flexibility index (Phi) is 4.97. The molecule has 0 radical (unpaired) electrons. The molecule has 2 rings (SSSR count). The van der Waals surface area contributed by atoms with Crippen molar-refractivity contribution in [2.24, 2.45) is 0 Å². The van der Waals surface area contributed by atoms with E-state index in [0.29, 0.717) is 28.7 Å². The number of anilines is 1. The van der Waals surface area contributed by atoms with Crippen LogP contribution in [0.1, 0.15) is 11.1 Å². The van der Waals surface area contributed by atoms with Crippen LogP contribution in [0.2, 0.25) is 0 Å². The normalized spacial score (nSPS) is 11.5.